The summed E-state index contributed by atoms with van der Waals surface area (Å²) in [5.74, 6) is 0.822. The largest absolute Gasteiger partial charge is 0.355 e. The van der Waals surface area contributed by atoms with Gasteiger partial charge in [0.2, 0.25) is 15.9 Å². The van der Waals surface area contributed by atoms with Crippen molar-refractivity contribution in [1.29, 1.82) is 0 Å². The molecule has 2 aliphatic heterocycles. The number of nitrogens with one attached hydrogen (secondary N) is 3. The first-order valence-corrected chi connectivity index (χ1v) is 10.1. The zero-order valence-electron chi connectivity index (χ0n) is 15.2. The van der Waals surface area contributed by atoms with Crippen molar-refractivity contribution in [2.24, 2.45) is 10.4 Å². The molecule has 2 fully saturated rings. The van der Waals surface area contributed by atoms with Crippen molar-refractivity contribution in [3.05, 3.63) is 0 Å². The minimum Gasteiger partial charge on any atom is -0.355 e. The smallest absolute Gasteiger partial charge is 0.220 e. The van der Waals surface area contributed by atoms with Crippen LogP contribution < -0.4 is 15.4 Å². The Hall–Kier alpha value is -0.620. The number of guanidine groups is 1. The predicted molar refractivity (Wildman–Crippen MR) is 110 cm³/mol. The van der Waals surface area contributed by atoms with Crippen LogP contribution in [0.25, 0.3) is 0 Å². The van der Waals surface area contributed by atoms with E-state index in [0.717, 1.165) is 25.9 Å². The summed E-state index contributed by atoms with van der Waals surface area (Å²) >= 11 is 0. The van der Waals surface area contributed by atoms with Crippen molar-refractivity contribution in [2.45, 2.75) is 39.2 Å². The second kappa shape index (κ2) is 9.36. The van der Waals surface area contributed by atoms with Crippen molar-refractivity contribution >= 4 is 45.9 Å². The molecule has 0 saturated carbocycles. The number of carbonyl (C=O) groups excluding carboxylic acids is 1. The average Bonchev–Trinajstić information content (AvgIpc) is 2.82. The third-order valence-electron chi connectivity index (χ3n) is 4.44. The molecule has 0 aromatic heterocycles. The van der Waals surface area contributed by atoms with E-state index in [4.69, 9.17) is 0 Å². The summed E-state index contributed by atoms with van der Waals surface area (Å²) in [6, 6.07) is -0.108. The van der Waals surface area contributed by atoms with E-state index in [2.05, 4.69) is 25.2 Å². The summed E-state index contributed by atoms with van der Waals surface area (Å²) in [5, 5.41) is 6.06. The lowest BCUT2D eigenvalue weighted by molar-refractivity contribution is -0.119. The Balaban J connectivity index is 0.00000312. The molecule has 2 rings (SSSR count). The summed E-state index contributed by atoms with van der Waals surface area (Å²) in [6.45, 7) is 6.25. The van der Waals surface area contributed by atoms with Crippen LogP contribution >= 0.6 is 24.0 Å². The van der Waals surface area contributed by atoms with Crippen LogP contribution in [0.15, 0.2) is 4.99 Å². The Labute approximate surface area is 167 Å². The van der Waals surface area contributed by atoms with E-state index in [1.807, 2.05) is 0 Å². The molecular weight excluding hydrogens is 457 g/mol. The van der Waals surface area contributed by atoms with Gasteiger partial charge in [0.1, 0.15) is 0 Å². The van der Waals surface area contributed by atoms with E-state index >= 15 is 0 Å². The van der Waals surface area contributed by atoms with E-state index < -0.39 is 10.0 Å². The number of amides is 1. The van der Waals surface area contributed by atoms with Crippen LogP contribution in [0.5, 0.6) is 0 Å². The molecule has 10 heteroatoms. The van der Waals surface area contributed by atoms with Crippen molar-refractivity contribution in [2.75, 3.05) is 39.0 Å². The van der Waals surface area contributed by atoms with Crippen molar-refractivity contribution in [3.8, 4) is 0 Å². The maximum absolute atomic E-state index is 11.9. The third kappa shape index (κ3) is 6.55. The lowest BCUT2D eigenvalue weighted by Gasteiger charge is -2.40. The van der Waals surface area contributed by atoms with Crippen molar-refractivity contribution in [1.82, 2.24) is 20.3 Å². The summed E-state index contributed by atoms with van der Waals surface area (Å²) in [7, 11) is -1.59. The molecule has 146 valence electrons. The number of carbonyl (C=O) groups is 1. The lowest BCUT2D eigenvalue weighted by atomic mass is 9.79. The molecule has 3 N–H and O–H groups in total. The quantitative estimate of drug-likeness (QED) is 0.290. The number of rotatable bonds is 5. The molecule has 1 unspecified atom stereocenters. The van der Waals surface area contributed by atoms with E-state index in [0.29, 0.717) is 25.5 Å². The molecular formula is C15H30IN5O3S. The highest BCUT2D eigenvalue weighted by Gasteiger charge is 2.42. The Morgan fingerprint density at radius 1 is 1.44 bits per heavy atom. The van der Waals surface area contributed by atoms with Crippen LogP contribution in [0, 0.1) is 5.41 Å². The number of likely N-dealkylation sites (tertiary alicyclic amines) is 1. The molecule has 2 saturated heterocycles. The van der Waals surface area contributed by atoms with Gasteiger partial charge < -0.3 is 15.5 Å². The fourth-order valence-electron chi connectivity index (χ4n) is 3.48. The van der Waals surface area contributed by atoms with Gasteiger partial charge in [-0.25, -0.2) is 13.1 Å². The van der Waals surface area contributed by atoms with Crippen LogP contribution in [0.4, 0.5) is 0 Å². The standard InChI is InChI=1S/C15H29N5O3S.HI/c1-12(2)19-24(22,23)8-6-17-14(16-3)20-7-4-5-15(11-20)9-13(21)18-10-15;/h12,19H,4-11H2,1-3H3,(H,16,17)(H,18,21);1H. The van der Waals surface area contributed by atoms with Gasteiger partial charge in [-0.05, 0) is 26.7 Å². The molecule has 2 aliphatic rings. The normalized spacial score (nSPS) is 24.4. The number of aliphatic imine (C=N–C) groups is 1. The molecule has 0 aromatic carbocycles. The Bertz CT molecular complexity index is 596. The van der Waals surface area contributed by atoms with Crippen LogP contribution in [0.1, 0.15) is 33.1 Å². The number of hydrogen-bond donors (Lipinski definition) is 3. The summed E-state index contributed by atoms with van der Waals surface area (Å²) in [5.41, 5.74) is -0.0156. The summed E-state index contributed by atoms with van der Waals surface area (Å²) in [4.78, 5) is 18.0. The molecule has 1 spiro atoms. The van der Waals surface area contributed by atoms with Crippen molar-refractivity contribution < 1.29 is 13.2 Å². The third-order valence-corrected chi connectivity index (χ3v) is 6.01. The number of sulfonamides is 1. The van der Waals surface area contributed by atoms with Gasteiger partial charge in [0.05, 0.1) is 5.75 Å². The maximum Gasteiger partial charge on any atom is 0.220 e. The molecule has 1 amide bonds. The van der Waals surface area contributed by atoms with Gasteiger partial charge in [-0.3, -0.25) is 9.79 Å². The number of nitrogens with zero attached hydrogens (tertiary/aromatic N) is 2. The Morgan fingerprint density at radius 2 is 2.16 bits per heavy atom. The maximum atomic E-state index is 11.9. The monoisotopic (exact) mass is 487 g/mol. The fraction of sp³-hybridized carbons (Fsp3) is 0.867. The topological polar surface area (TPSA) is 103 Å². The molecule has 0 aromatic rings. The molecule has 25 heavy (non-hydrogen) atoms. The first kappa shape index (κ1) is 22.4. The van der Waals surface area contributed by atoms with Gasteiger partial charge in [-0.15, -0.1) is 24.0 Å². The minimum absolute atomic E-state index is 0. The number of hydrogen-bond acceptors (Lipinski definition) is 4. The Kier molecular flexibility index (Phi) is 8.39. The van der Waals surface area contributed by atoms with Crippen LogP contribution in [0.3, 0.4) is 0 Å². The lowest BCUT2D eigenvalue weighted by Crippen LogP contribution is -2.52. The van der Waals surface area contributed by atoms with Crippen LogP contribution in [-0.2, 0) is 14.8 Å². The minimum atomic E-state index is -3.29. The average molecular weight is 487 g/mol. The van der Waals surface area contributed by atoms with E-state index in [1.165, 1.54) is 0 Å². The van der Waals surface area contributed by atoms with E-state index in [-0.39, 0.29) is 47.1 Å². The molecule has 8 nitrogen and oxygen atoms in total. The number of halogens is 1. The predicted octanol–water partition coefficient (Wildman–Crippen LogP) is 0.110. The zero-order valence-corrected chi connectivity index (χ0v) is 18.3. The summed E-state index contributed by atoms with van der Waals surface area (Å²) < 4.78 is 26.3. The van der Waals surface area contributed by atoms with Gasteiger partial charge in [0.25, 0.3) is 0 Å². The first-order valence-electron chi connectivity index (χ1n) is 8.48. The molecule has 0 aliphatic carbocycles. The van der Waals surface area contributed by atoms with Gasteiger partial charge in [-0.1, -0.05) is 0 Å². The second-order valence-electron chi connectivity index (χ2n) is 7.04. The molecule has 2 heterocycles. The molecule has 0 bridgehead atoms. The highest BCUT2D eigenvalue weighted by molar-refractivity contribution is 14.0. The van der Waals surface area contributed by atoms with E-state index in [9.17, 15) is 13.2 Å². The fourth-order valence-corrected chi connectivity index (χ4v) is 4.68. The SMILES string of the molecule is CN=C(NCCS(=O)(=O)NC(C)C)N1CCCC2(CNC(=O)C2)C1.I. The van der Waals surface area contributed by atoms with Crippen LogP contribution in [-0.4, -0.2) is 70.2 Å². The zero-order chi connectivity index (χ0) is 17.8. The van der Waals surface area contributed by atoms with Crippen LogP contribution in [0.2, 0.25) is 0 Å². The Morgan fingerprint density at radius 3 is 2.72 bits per heavy atom. The molecule has 0 radical (unpaired) electrons. The molecule has 1 atom stereocenters. The highest BCUT2D eigenvalue weighted by Crippen LogP contribution is 2.35. The van der Waals surface area contributed by atoms with Crippen molar-refractivity contribution in [3.63, 3.8) is 0 Å². The van der Waals surface area contributed by atoms with Gasteiger partial charge in [0, 0.05) is 51.1 Å². The van der Waals surface area contributed by atoms with Gasteiger partial charge >= 0.3 is 0 Å². The highest BCUT2D eigenvalue weighted by atomic mass is 127. The summed E-state index contributed by atoms with van der Waals surface area (Å²) in [6.07, 6.45) is 2.60. The van der Waals surface area contributed by atoms with Gasteiger partial charge in [0.15, 0.2) is 5.96 Å². The van der Waals surface area contributed by atoms with Gasteiger partial charge in [-0.2, -0.15) is 0 Å². The first-order chi connectivity index (χ1) is 11.3. The second-order valence-corrected chi connectivity index (χ2v) is 8.92. The van der Waals surface area contributed by atoms with E-state index in [1.54, 1.807) is 20.9 Å². The number of piperidine rings is 1.